The summed E-state index contributed by atoms with van der Waals surface area (Å²) in [6, 6.07) is 17.4. The number of anilines is 3. The fourth-order valence-corrected chi connectivity index (χ4v) is 12.8. The van der Waals surface area contributed by atoms with Crippen molar-refractivity contribution >= 4 is 44.2 Å². The molecule has 3 saturated heterocycles. The summed E-state index contributed by atoms with van der Waals surface area (Å²) in [6.45, 7) is 14.2. The quantitative estimate of drug-likeness (QED) is 0.0736. The number of nitrogens with zero attached hydrogens (tertiary/aromatic N) is 6. The first kappa shape index (κ1) is 51.1. The van der Waals surface area contributed by atoms with Crippen molar-refractivity contribution < 1.29 is 36.9 Å². The zero-order valence-electron chi connectivity index (χ0n) is 42.3. The second kappa shape index (κ2) is 21.1. The summed E-state index contributed by atoms with van der Waals surface area (Å²) in [6.07, 6.45) is 11.0. The highest BCUT2D eigenvalue weighted by atomic mass is 32.2. The van der Waals surface area contributed by atoms with Crippen LogP contribution in [0.25, 0.3) is 11.0 Å². The number of carbonyl (C=O) groups excluding carboxylic acids is 1. The van der Waals surface area contributed by atoms with E-state index in [2.05, 4.69) is 77.8 Å². The number of fused-ring (bicyclic) bond motifs is 1. The Morgan fingerprint density at radius 1 is 1.03 bits per heavy atom. The van der Waals surface area contributed by atoms with Crippen LogP contribution in [0.15, 0.2) is 78.1 Å². The first-order valence-corrected chi connectivity index (χ1v) is 27.4. The second-order valence-electron chi connectivity index (χ2n) is 21.7. The number of H-pyrrole nitrogens is 1. The molecule has 73 heavy (non-hydrogen) atoms. The van der Waals surface area contributed by atoms with Crippen LogP contribution in [-0.2, 0) is 19.5 Å². The van der Waals surface area contributed by atoms with Gasteiger partial charge in [0.15, 0.2) is 0 Å². The molecular weight excluding hydrogens is 954 g/mol. The van der Waals surface area contributed by atoms with Gasteiger partial charge >= 0.3 is 0 Å². The Balaban J connectivity index is 0.835. The van der Waals surface area contributed by atoms with Crippen LogP contribution in [0.1, 0.15) is 106 Å². The maximum Gasteiger partial charge on any atom is 0.268 e. The smallest absolute Gasteiger partial charge is 0.268 e. The number of aromatic nitrogens is 3. The minimum Gasteiger partial charge on any atom is -0.758 e. The van der Waals surface area contributed by atoms with Crippen molar-refractivity contribution in [2.75, 3.05) is 88.0 Å². The molecule has 19 heteroatoms. The lowest BCUT2D eigenvalue weighted by Crippen LogP contribution is -2.60. The van der Waals surface area contributed by atoms with Crippen LogP contribution in [-0.4, -0.2) is 135 Å². The SMILES string of the molecule is CC(C)c1ccccc1[C@@H]1CN(C[C@H]2COCCO2)CCN1C1CC2(CCN(c3ccc(C(=O)NS(=O)(=O)c4cnc(NCC5CCC(C)(O)CC5)c(N(C)[O-])c4)c(Oc4cnc5[nH]cc(F)c5c4)c3)CC2)C1. The van der Waals surface area contributed by atoms with Crippen molar-refractivity contribution in [2.45, 2.75) is 107 Å². The molecule has 5 fully saturated rings. The van der Waals surface area contributed by atoms with E-state index in [1.807, 2.05) is 6.92 Å². The fourth-order valence-electron chi connectivity index (χ4n) is 11.9. The van der Waals surface area contributed by atoms with Crippen molar-refractivity contribution in [2.24, 2.45) is 11.3 Å². The van der Waals surface area contributed by atoms with Gasteiger partial charge in [-0.15, -0.1) is 0 Å². The number of hydrogen-bond acceptors (Lipinski definition) is 15. The summed E-state index contributed by atoms with van der Waals surface area (Å²) in [5.74, 6) is -0.422. The number of halogens is 1. The molecule has 1 amide bonds. The van der Waals surface area contributed by atoms with Crippen LogP contribution in [0.3, 0.4) is 0 Å². The van der Waals surface area contributed by atoms with E-state index in [-0.39, 0.29) is 62.3 Å². The zero-order chi connectivity index (χ0) is 51.1. The molecule has 1 spiro atoms. The number of rotatable bonds is 15. The fraction of sp³-hybridized carbons (Fsp3) is 0.537. The molecule has 3 aliphatic heterocycles. The first-order valence-electron chi connectivity index (χ1n) is 25.9. The van der Waals surface area contributed by atoms with Crippen LogP contribution in [0.5, 0.6) is 11.5 Å². The van der Waals surface area contributed by atoms with Gasteiger partial charge in [-0.3, -0.25) is 14.6 Å². The molecule has 5 aromatic rings. The number of pyridine rings is 2. The highest BCUT2D eigenvalue weighted by Crippen LogP contribution is 2.53. The van der Waals surface area contributed by atoms with Crippen molar-refractivity contribution in [3.05, 3.63) is 101 Å². The number of piperidine rings is 1. The number of ether oxygens (including phenoxy) is 3. The third kappa shape index (κ3) is 11.3. The molecule has 2 saturated carbocycles. The van der Waals surface area contributed by atoms with Crippen molar-refractivity contribution in [1.82, 2.24) is 29.5 Å². The van der Waals surface area contributed by atoms with Crippen molar-refractivity contribution in [3.63, 3.8) is 0 Å². The van der Waals surface area contributed by atoms with E-state index in [1.54, 1.807) is 12.1 Å². The third-order valence-electron chi connectivity index (χ3n) is 16.2. The standard InChI is InChI=1S/C54H69FN9O8S/c1-35(2)42-7-5-6-8-43(42)48-33-62(32-40-34-70-21-22-71-40)19-20-64(48)38-26-54(27-38)15-17-63(18-16-54)37-9-10-44(49(23-37)72-39-24-45-46(55)31-59-50(45)57-29-39)52(65)60-73(68,69)41-25-47(61(4)67)51(58-30-41)56-28-36-11-13-53(3,66)14-12-36/h5-10,23-25,29-31,35-36,38,40,48,66H,11-22,26-28,32-34H2,1-4H3,(H,56,58)(H,57,59)(H,60,65)/q-1/t36?,40-,48-,53?/m0/s1. The summed E-state index contributed by atoms with van der Waals surface area (Å²) >= 11 is 0. The summed E-state index contributed by atoms with van der Waals surface area (Å²) in [5, 5.41) is 27.0. The Morgan fingerprint density at radius 3 is 2.55 bits per heavy atom. The Hall–Kier alpha value is -5.41. The lowest BCUT2D eigenvalue weighted by molar-refractivity contribution is -0.109. The Morgan fingerprint density at radius 2 is 1.81 bits per heavy atom. The molecule has 2 aromatic carbocycles. The predicted octanol–water partition coefficient (Wildman–Crippen LogP) is 7.94. The maximum absolute atomic E-state index is 14.7. The Kier molecular flexibility index (Phi) is 14.8. The zero-order valence-corrected chi connectivity index (χ0v) is 43.1. The number of hydroxylamine groups is 1. The molecule has 0 bridgehead atoms. The van der Waals surface area contributed by atoms with E-state index in [0.717, 1.165) is 89.7 Å². The molecule has 6 heterocycles. The van der Waals surface area contributed by atoms with E-state index >= 15 is 0 Å². The van der Waals surface area contributed by atoms with Gasteiger partial charge in [-0.05, 0) is 118 Å². The number of carbonyl (C=O) groups is 1. The number of aliphatic hydroxyl groups is 1. The van der Waals surface area contributed by atoms with Crippen molar-refractivity contribution in [3.8, 4) is 11.5 Å². The van der Waals surface area contributed by atoms with E-state index in [0.29, 0.717) is 61.9 Å². The lowest BCUT2D eigenvalue weighted by atomic mass is 9.59. The highest BCUT2D eigenvalue weighted by molar-refractivity contribution is 7.90. The van der Waals surface area contributed by atoms with Crippen LogP contribution in [0.4, 0.5) is 21.6 Å². The highest BCUT2D eigenvalue weighted by Gasteiger charge is 2.50. The molecular formula is C54H69FN9O8S-. The first-order chi connectivity index (χ1) is 35.0. The van der Waals surface area contributed by atoms with Crippen LogP contribution in [0.2, 0.25) is 0 Å². The minimum absolute atomic E-state index is 0.0150. The second-order valence-corrected chi connectivity index (χ2v) is 23.4. The van der Waals surface area contributed by atoms with E-state index < -0.39 is 27.3 Å². The molecule has 0 radical (unpaired) electrons. The number of hydrogen-bond donors (Lipinski definition) is 4. The molecule has 0 unspecified atom stereocenters. The van der Waals surface area contributed by atoms with Gasteiger partial charge in [-0.2, -0.15) is 0 Å². The average Bonchev–Trinajstić information content (AvgIpc) is 3.74. The number of benzene rings is 2. The van der Waals surface area contributed by atoms with E-state index in [9.17, 15) is 27.9 Å². The number of amides is 1. The molecule has 392 valence electrons. The van der Waals surface area contributed by atoms with Gasteiger partial charge in [0.2, 0.25) is 0 Å². The maximum atomic E-state index is 14.7. The van der Waals surface area contributed by atoms with Crippen LogP contribution in [0, 0.1) is 22.4 Å². The Labute approximate surface area is 427 Å². The third-order valence-corrected chi connectivity index (χ3v) is 17.5. The van der Waals surface area contributed by atoms with Gasteiger partial charge in [-0.1, -0.05) is 38.1 Å². The summed E-state index contributed by atoms with van der Waals surface area (Å²) in [5.41, 5.74) is 3.37. The molecule has 2 atom stereocenters. The largest absolute Gasteiger partial charge is 0.758 e. The van der Waals surface area contributed by atoms with Crippen LogP contribution >= 0.6 is 0 Å². The van der Waals surface area contributed by atoms with Crippen LogP contribution < -0.4 is 24.7 Å². The molecule has 3 aromatic heterocycles. The van der Waals surface area contributed by atoms with E-state index in [1.165, 1.54) is 48.8 Å². The molecule has 17 nitrogen and oxygen atoms in total. The minimum atomic E-state index is -4.56. The van der Waals surface area contributed by atoms with Gasteiger partial charge in [0.05, 0.1) is 54.4 Å². The van der Waals surface area contributed by atoms with Gasteiger partial charge in [0, 0.05) is 82.0 Å². The van der Waals surface area contributed by atoms with Gasteiger partial charge in [-0.25, -0.2) is 27.5 Å². The number of aromatic amines is 1. The topological polar surface area (TPSA) is 201 Å². The lowest BCUT2D eigenvalue weighted by Gasteiger charge is -2.58. The Bertz CT molecular complexity index is 2870. The van der Waals surface area contributed by atoms with Crippen molar-refractivity contribution in [1.29, 1.82) is 0 Å². The normalized spacial score (nSPS) is 24.2. The predicted molar refractivity (Wildman–Crippen MR) is 278 cm³/mol. The molecule has 5 aliphatic rings. The van der Waals surface area contributed by atoms with E-state index in [4.69, 9.17) is 14.2 Å². The number of sulfonamides is 1. The summed E-state index contributed by atoms with van der Waals surface area (Å²) < 4.78 is 62.8. The summed E-state index contributed by atoms with van der Waals surface area (Å²) in [7, 11) is -3.32. The van der Waals surface area contributed by atoms with Gasteiger partial charge in [0.25, 0.3) is 15.9 Å². The van der Waals surface area contributed by atoms with Gasteiger partial charge in [0.1, 0.15) is 33.7 Å². The molecule has 10 rings (SSSR count). The molecule has 2 aliphatic carbocycles. The van der Waals surface area contributed by atoms with Gasteiger partial charge < -0.3 is 44.8 Å². The number of nitrogens with one attached hydrogen (secondary N) is 3. The number of piperazine rings is 1. The average molecular weight is 1020 g/mol. The summed E-state index contributed by atoms with van der Waals surface area (Å²) in [4.78, 5) is 32.7. The monoisotopic (exact) mass is 1020 g/mol. The molecule has 4 N–H and O–H groups in total.